The first-order chi connectivity index (χ1) is 16.5. The number of rotatable bonds is 9. The second-order valence-electron chi connectivity index (χ2n) is 8.18. The van der Waals surface area contributed by atoms with Crippen LogP contribution in [-0.4, -0.2) is 67.1 Å². The highest BCUT2D eigenvalue weighted by Gasteiger charge is 2.28. The van der Waals surface area contributed by atoms with Crippen molar-refractivity contribution in [2.75, 3.05) is 43.4 Å². The van der Waals surface area contributed by atoms with E-state index in [0.717, 1.165) is 11.1 Å². The van der Waals surface area contributed by atoms with Gasteiger partial charge < -0.3 is 10.2 Å². The predicted molar refractivity (Wildman–Crippen MR) is 132 cm³/mol. The summed E-state index contributed by atoms with van der Waals surface area (Å²) in [6.07, 6.45) is 3.60. The van der Waals surface area contributed by atoms with Crippen LogP contribution in [0.15, 0.2) is 79.1 Å². The largest absolute Gasteiger partial charge is 0.355 e. The lowest BCUT2D eigenvalue weighted by Crippen LogP contribution is -2.50. The summed E-state index contributed by atoms with van der Waals surface area (Å²) in [5.74, 6) is 0.228. The van der Waals surface area contributed by atoms with Gasteiger partial charge in [0.15, 0.2) is 0 Å². The molecule has 9 heteroatoms. The highest BCUT2D eigenvalue weighted by Crippen LogP contribution is 2.27. The molecule has 2 heterocycles. The van der Waals surface area contributed by atoms with E-state index in [2.05, 4.69) is 15.3 Å². The Morgan fingerprint density at radius 2 is 1.41 bits per heavy atom. The molecule has 0 aliphatic carbocycles. The van der Waals surface area contributed by atoms with Crippen LogP contribution >= 0.6 is 0 Å². The summed E-state index contributed by atoms with van der Waals surface area (Å²) in [5, 5.41) is 2.81. The summed E-state index contributed by atoms with van der Waals surface area (Å²) >= 11 is 0. The highest BCUT2D eigenvalue weighted by molar-refractivity contribution is 7.89. The van der Waals surface area contributed by atoms with Crippen LogP contribution in [0.3, 0.4) is 0 Å². The van der Waals surface area contributed by atoms with Crippen molar-refractivity contribution >= 4 is 21.9 Å². The average Bonchev–Trinajstić information content (AvgIpc) is 2.89. The van der Waals surface area contributed by atoms with Crippen molar-refractivity contribution in [2.45, 2.75) is 12.3 Å². The topological polar surface area (TPSA) is 95.5 Å². The molecule has 34 heavy (non-hydrogen) atoms. The molecule has 1 aliphatic heterocycles. The molecule has 1 saturated heterocycles. The maximum absolute atomic E-state index is 12.8. The van der Waals surface area contributed by atoms with Gasteiger partial charge in [0.2, 0.25) is 21.9 Å². The third-order valence-corrected chi connectivity index (χ3v) is 7.81. The number of benzene rings is 2. The first-order valence-corrected chi connectivity index (χ1v) is 13.0. The second kappa shape index (κ2) is 11.2. The van der Waals surface area contributed by atoms with Crippen molar-refractivity contribution in [2.24, 2.45) is 0 Å². The molecule has 1 aliphatic rings. The van der Waals surface area contributed by atoms with Crippen molar-refractivity contribution in [1.82, 2.24) is 19.6 Å². The van der Waals surface area contributed by atoms with E-state index in [9.17, 15) is 13.2 Å². The van der Waals surface area contributed by atoms with Gasteiger partial charge in [0.05, 0.1) is 5.75 Å². The van der Waals surface area contributed by atoms with Gasteiger partial charge >= 0.3 is 0 Å². The SMILES string of the molecule is O=C(CC(c1ccccc1)c1ccccc1)NCCS(=O)(=O)N1CCN(c2ncccn2)CC1. The molecule has 0 spiro atoms. The van der Waals surface area contributed by atoms with E-state index in [0.29, 0.717) is 32.1 Å². The fourth-order valence-corrected chi connectivity index (χ4v) is 5.46. The summed E-state index contributed by atoms with van der Waals surface area (Å²) in [5.41, 5.74) is 2.11. The Balaban J connectivity index is 1.29. The molecule has 2 aromatic carbocycles. The zero-order valence-electron chi connectivity index (χ0n) is 19.0. The van der Waals surface area contributed by atoms with Gasteiger partial charge in [-0.3, -0.25) is 4.79 Å². The van der Waals surface area contributed by atoms with Crippen LogP contribution in [0.2, 0.25) is 0 Å². The molecule has 1 aromatic heterocycles. The van der Waals surface area contributed by atoms with Crippen molar-refractivity contribution in [3.05, 3.63) is 90.3 Å². The lowest BCUT2D eigenvalue weighted by molar-refractivity contribution is -0.121. The minimum Gasteiger partial charge on any atom is -0.355 e. The summed E-state index contributed by atoms with van der Waals surface area (Å²) < 4.78 is 27.1. The fraction of sp³-hybridized carbons (Fsp3) is 0.320. The van der Waals surface area contributed by atoms with Crippen molar-refractivity contribution < 1.29 is 13.2 Å². The normalized spacial score (nSPS) is 14.8. The first-order valence-electron chi connectivity index (χ1n) is 11.4. The number of amides is 1. The van der Waals surface area contributed by atoms with Crippen molar-refractivity contribution in [1.29, 1.82) is 0 Å². The van der Waals surface area contributed by atoms with Gasteiger partial charge in [0, 0.05) is 57.5 Å². The lowest BCUT2D eigenvalue weighted by atomic mass is 9.88. The molecule has 0 bridgehead atoms. The van der Waals surface area contributed by atoms with Crippen LogP contribution in [0, 0.1) is 0 Å². The molecule has 1 amide bonds. The van der Waals surface area contributed by atoms with Crippen LogP contribution in [0.1, 0.15) is 23.5 Å². The zero-order valence-corrected chi connectivity index (χ0v) is 19.8. The Kier molecular flexibility index (Phi) is 7.87. The lowest BCUT2D eigenvalue weighted by Gasteiger charge is -2.33. The third kappa shape index (κ3) is 6.18. The molecule has 178 valence electrons. The third-order valence-electron chi connectivity index (χ3n) is 5.94. The van der Waals surface area contributed by atoms with E-state index >= 15 is 0 Å². The van der Waals surface area contributed by atoms with E-state index < -0.39 is 10.0 Å². The minimum absolute atomic E-state index is 0.0828. The summed E-state index contributed by atoms with van der Waals surface area (Å²) in [6.45, 7) is 1.90. The van der Waals surface area contributed by atoms with Crippen LogP contribution in [0.4, 0.5) is 5.95 Å². The molecule has 0 saturated carbocycles. The predicted octanol–water partition coefficient (Wildman–Crippen LogP) is 2.27. The molecule has 8 nitrogen and oxygen atoms in total. The smallest absolute Gasteiger partial charge is 0.225 e. The van der Waals surface area contributed by atoms with Crippen LogP contribution in [-0.2, 0) is 14.8 Å². The van der Waals surface area contributed by atoms with E-state index in [4.69, 9.17) is 0 Å². The highest BCUT2D eigenvalue weighted by atomic mass is 32.2. The number of hydrogen-bond donors (Lipinski definition) is 1. The second-order valence-corrected chi connectivity index (χ2v) is 10.3. The molecule has 1 fully saturated rings. The Morgan fingerprint density at radius 1 is 0.853 bits per heavy atom. The summed E-state index contributed by atoms with van der Waals surface area (Å²) in [6, 6.07) is 21.5. The number of nitrogens with one attached hydrogen (secondary N) is 1. The molecule has 0 unspecified atom stereocenters. The molecule has 4 rings (SSSR count). The van der Waals surface area contributed by atoms with Gasteiger partial charge in [-0.25, -0.2) is 18.4 Å². The quantitative estimate of drug-likeness (QED) is 0.506. The number of piperazine rings is 1. The Hall–Kier alpha value is -3.30. The monoisotopic (exact) mass is 479 g/mol. The summed E-state index contributed by atoms with van der Waals surface area (Å²) in [4.78, 5) is 23.1. The van der Waals surface area contributed by atoms with E-state index in [1.54, 1.807) is 18.5 Å². The van der Waals surface area contributed by atoms with Gasteiger partial charge in [-0.15, -0.1) is 0 Å². The first kappa shape index (κ1) is 23.8. The van der Waals surface area contributed by atoms with Gasteiger partial charge in [0.1, 0.15) is 0 Å². The van der Waals surface area contributed by atoms with Crippen LogP contribution in [0.5, 0.6) is 0 Å². The van der Waals surface area contributed by atoms with E-state index in [1.165, 1.54) is 4.31 Å². The fourth-order valence-electron chi connectivity index (χ4n) is 4.13. The number of sulfonamides is 1. The Bertz CT molecular complexity index is 1110. The number of aromatic nitrogens is 2. The average molecular weight is 480 g/mol. The van der Waals surface area contributed by atoms with Crippen molar-refractivity contribution in [3.8, 4) is 0 Å². The summed E-state index contributed by atoms with van der Waals surface area (Å²) in [7, 11) is -3.47. The molecular formula is C25H29N5O3S. The molecule has 3 aromatic rings. The molecule has 1 N–H and O–H groups in total. The van der Waals surface area contributed by atoms with Crippen LogP contribution in [0.25, 0.3) is 0 Å². The van der Waals surface area contributed by atoms with Gasteiger partial charge in [-0.1, -0.05) is 60.7 Å². The zero-order chi connectivity index (χ0) is 23.8. The van der Waals surface area contributed by atoms with Crippen molar-refractivity contribution in [3.63, 3.8) is 0 Å². The Labute approximate surface area is 200 Å². The van der Waals surface area contributed by atoms with E-state index in [-0.39, 0.29) is 30.5 Å². The standard InChI is InChI=1S/C25H29N5O3S/c31-24(20-23(21-8-3-1-4-9-21)22-10-5-2-6-11-22)26-14-19-34(32,33)30-17-15-29(16-18-30)25-27-12-7-13-28-25/h1-13,23H,14-20H2,(H,26,31). The minimum atomic E-state index is -3.47. The van der Waals surface area contributed by atoms with Gasteiger partial charge in [-0.05, 0) is 17.2 Å². The van der Waals surface area contributed by atoms with Crippen LogP contribution < -0.4 is 10.2 Å². The molecule has 0 radical (unpaired) electrons. The maximum atomic E-state index is 12.8. The molecule has 0 atom stereocenters. The number of anilines is 1. The number of hydrogen-bond acceptors (Lipinski definition) is 6. The maximum Gasteiger partial charge on any atom is 0.225 e. The number of nitrogens with zero attached hydrogens (tertiary/aromatic N) is 4. The van der Waals surface area contributed by atoms with Gasteiger partial charge in [0.25, 0.3) is 0 Å². The number of carbonyl (C=O) groups is 1. The molecular weight excluding hydrogens is 450 g/mol. The van der Waals surface area contributed by atoms with Gasteiger partial charge in [-0.2, -0.15) is 4.31 Å². The Morgan fingerprint density at radius 3 is 1.97 bits per heavy atom. The van der Waals surface area contributed by atoms with E-state index in [1.807, 2.05) is 65.6 Å². The number of carbonyl (C=O) groups excluding carboxylic acids is 1.